The molecule has 0 amide bonds. The molecule has 316 valence electrons. The predicted molar refractivity (Wildman–Crippen MR) is 263 cm³/mol. The summed E-state index contributed by atoms with van der Waals surface area (Å²) in [6, 6.07) is 45.9. The Morgan fingerprint density at radius 2 is 1.33 bits per heavy atom. The molecule has 64 heavy (non-hydrogen) atoms. The molecule has 3 nitrogen and oxygen atoms in total. The summed E-state index contributed by atoms with van der Waals surface area (Å²) >= 11 is 0. The second-order valence-electron chi connectivity index (χ2n) is 21.5. The molecule has 0 saturated heterocycles. The first-order valence-electron chi connectivity index (χ1n) is 24.1. The SMILES string of the molecule is CC12CCCCC1(C)C(c1ccc(C#N)cc1)c1ccc(-c3ccc4c5c6c(ccc35)C=CC(c3ccc5c(c3)CC3(C)CCCCC3(C)N5c3ccc(C#N)cc3)C6=CC4)cc1C2. The minimum Gasteiger partial charge on any atom is -0.335 e. The van der Waals surface area contributed by atoms with Crippen molar-refractivity contribution in [2.75, 3.05) is 4.90 Å². The first-order valence-corrected chi connectivity index (χ1v) is 24.1. The van der Waals surface area contributed by atoms with Crippen LogP contribution >= 0.6 is 0 Å². The predicted octanol–water partition coefficient (Wildman–Crippen LogP) is 15.3. The minimum absolute atomic E-state index is 0.00426. The van der Waals surface area contributed by atoms with Crippen LogP contribution in [0.4, 0.5) is 11.4 Å². The number of nitrogens with zero attached hydrogens (tertiary/aromatic N) is 3. The Morgan fingerprint density at radius 3 is 2.11 bits per heavy atom. The third kappa shape index (κ3) is 5.56. The topological polar surface area (TPSA) is 50.8 Å². The molecule has 1 heterocycles. The number of hydrogen-bond donors (Lipinski definition) is 0. The molecule has 6 aliphatic rings. The molecule has 0 radical (unpaired) electrons. The van der Waals surface area contributed by atoms with E-state index in [9.17, 15) is 10.5 Å². The number of nitriles is 2. The average Bonchev–Trinajstić information content (AvgIpc) is 3.31. The molecule has 0 bridgehead atoms. The Bertz CT molecular complexity index is 3080. The molecule has 0 aromatic heterocycles. The first-order chi connectivity index (χ1) is 31.0. The Kier molecular flexibility index (Phi) is 8.73. The summed E-state index contributed by atoms with van der Waals surface area (Å²) < 4.78 is 0. The van der Waals surface area contributed by atoms with Crippen molar-refractivity contribution in [2.45, 2.75) is 116 Å². The highest BCUT2D eigenvalue weighted by Gasteiger charge is 2.56. The summed E-state index contributed by atoms with van der Waals surface area (Å²) in [5, 5.41) is 22.0. The van der Waals surface area contributed by atoms with E-state index in [2.05, 4.69) is 148 Å². The largest absolute Gasteiger partial charge is 0.335 e. The van der Waals surface area contributed by atoms with Gasteiger partial charge in [0.2, 0.25) is 0 Å². The zero-order chi connectivity index (χ0) is 43.6. The molecule has 2 fully saturated rings. The molecule has 3 heteroatoms. The third-order valence-electron chi connectivity index (χ3n) is 18.3. The Hall–Kier alpha value is -6.16. The van der Waals surface area contributed by atoms with Gasteiger partial charge >= 0.3 is 0 Å². The van der Waals surface area contributed by atoms with Crippen LogP contribution in [-0.4, -0.2) is 5.54 Å². The zero-order valence-electron chi connectivity index (χ0n) is 37.9. The van der Waals surface area contributed by atoms with Crippen LogP contribution < -0.4 is 4.90 Å². The maximum atomic E-state index is 9.63. The van der Waals surface area contributed by atoms with Crippen LogP contribution in [0.3, 0.4) is 0 Å². The molecule has 0 spiro atoms. The average molecular weight is 832 g/mol. The van der Waals surface area contributed by atoms with Crippen LogP contribution in [0.15, 0.2) is 121 Å². The van der Waals surface area contributed by atoms with Crippen LogP contribution in [-0.2, 0) is 19.3 Å². The smallest absolute Gasteiger partial charge is 0.0991 e. The first kappa shape index (κ1) is 39.4. The summed E-state index contributed by atoms with van der Waals surface area (Å²) in [6.07, 6.45) is 20.5. The summed E-state index contributed by atoms with van der Waals surface area (Å²) in [5.41, 5.74) is 19.8. The number of benzene rings is 6. The summed E-state index contributed by atoms with van der Waals surface area (Å²) in [5.74, 6) is 0.485. The van der Waals surface area contributed by atoms with Crippen LogP contribution in [0.25, 0.3) is 33.5 Å². The highest BCUT2D eigenvalue weighted by atomic mass is 15.2. The molecule has 1 aliphatic heterocycles. The fraction of sp³-hybridized carbons (Fsp3) is 0.344. The summed E-state index contributed by atoms with van der Waals surface area (Å²) in [7, 11) is 0. The zero-order valence-corrected chi connectivity index (χ0v) is 37.9. The minimum atomic E-state index is -0.00426. The number of allylic oxidation sites excluding steroid dienone is 3. The van der Waals surface area contributed by atoms with Gasteiger partial charge in [0, 0.05) is 28.7 Å². The number of hydrogen-bond acceptors (Lipinski definition) is 3. The fourth-order valence-corrected chi connectivity index (χ4v) is 14.4. The second kappa shape index (κ2) is 14.2. The lowest BCUT2D eigenvalue weighted by molar-refractivity contribution is -0.00925. The molecular weight excluding hydrogens is 775 g/mol. The molecule has 6 aromatic carbocycles. The summed E-state index contributed by atoms with van der Waals surface area (Å²) in [4.78, 5) is 2.64. The lowest BCUT2D eigenvalue weighted by Gasteiger charge is -2.60. The standard InChI is InChI=1S/C61H57N3/c1-58-29-5-7-31-60(58,3)57(43-13-9-39(37-62)10-14-43)51-25-19-44(33-46(51)35-58)49-23-15-41-18-27-53-50(24-16-42-17-26-52(49)55(41)56(42)53)45-20-28-54-47(34-45)36-59(2)30-6-8-32-61(59,4)64(54)48-21-11-40(38-63)12-22-48/h9-17,19-28,33-34,50,57H,5-8,18,29-32,35-36H2,1-4H3. The molecule has 12 rings (SSSR count). The second-order valence-corrected chi connectivity index (χ2v) is 21.5. The van der Waals surface area contributed by atoms with E-state index in [0.29, 0.717) is 11.5 Å². The van der Waals surface area contributed by atoms with Gasteiger partial charge in [-0.15, -0.1) is 0 Å². The molecule has 6 atom stereocenters. The van der Waals surface area contributed by atoms with Crippen molar-refractivity contribution in [1.29, 1.82) is 10.5 Å². The van der Waals surface area contributed by atoms with Crippen molar-refractivity contribution >= 4 is 33.8 Å². The van der Waals surface area contributed by atoms with E-state index in [0.717, 1.165) is 24.8 Å². The number of anilines is 2. The maximum Gasteiger partial charge on any atom is 0.0991 e. The molecular formula is C61H57N3. The van der Waals surface area contributed by atoms with Gasteiger partial charge in [-0.05, 0) is 183 Å². The summed E-state index contributed by atoms with van der Waals surface area (Å²) in [6.45, 7) is 10.2. The van der Waals surface area contributed by atoms with Gasteiger partial charge in [0.1, 0.15) is 0 Å². The van der Waals surface area contributed by atoms with Crippen molar-refractivity contribution in [3.05, 3.63) is 177 Å². The normalized spacial score (nSPS) is 28.5. The van der Waals surface area contributed by atoms with Gasteiger partial charge in [-0.2, -0.15) is 10.5 Å². The molecule has 6 aromatic rings. The van der Waals surface area contributed by atoms with Crippen molar-refractivity contribution in [1.82, 2.24) is 0 Å². The van der Waals surface area contributed by atoms with E-state index in [1.54, 1.807) is 0 Å². The fourth-order valence-electron chi connectivity index (χ4n) is 14.4. The van der Waals surface area contributed by atoms with Crippen molar-refractivity contribution in [2.24, 2.45) is 16.2 Å². The molecule has 0 N–H and O–H groups in total. The van der Waals surface area contributed by atoms with E-state index < -0.39 is 0 Å². The van der Waals surface area contributed by atoms with Gasteiger partial charge < -0.3 is 4.90 Å². The van der Waals surface area contributed by atoms with E-state index in [-0.39, 0.29) is 27.7 Å². The van der Waals surface area contributed by atoms with Crippen LogP contribution in [0, 0.1) is 38.9 Å². The Balaban J connectivity index is 0.937. The van der Waals surface area contributed by atoms with Gasteiger partial charge in [0.15, 0.2) is 0 Å². The van der Waals surface area contributed by atoms with E-state index in [1.165, 1.54) is 135 Å². The lowest BCUT2D eigenvalue weighted by atomic mass is 9.46. The van der Waals surface area contributed by atoms with Crippen LogP contribution in [0.2, 0.25) is 0 Å². The van der Waals surface area contributed by atoms with Crippen molar-refractivity contribution in [3.8, 4) is 23.3 Å². The van der Waals surface area contributed by atoms with Gasteiger partial charge in [-0.1, -0.05) is 131 Å². The van der Waals surface area contributed by atoms with E-state index in [1.807, 2.05) is 24.3 Å². The number of rotatable bonds is 4. The van der Waals surface area contributed by atoms with Crippen LogP contribution in [0.1, 0.15) is 147 Å². The third-order valence-corrected chi connectivity index (χ3v) is 18.3. The van der Waals surface area contributed by atoms with Gasteiger partial charge in [-0.3, -0.25) is 0 Å². The molecule has 6 unspecified atom stereocenters. The maximum absolute atomic E-state index is 9.63. The Morgan fingerprint density at radius 1 is 0.625 bits per heavy atom. The Labute approximate surface area is 379 Å². The molecule has 5 aliphatic carbocycles. The van der Waals surface area contributed by atoms with E-state index in [4.69, 9.17) is 0 Å². The van der Waals surface area contributed by atoms with Crippen molar-refractivity contribution < 1.29 is 0 Å². The van der Waals surface area contributed by atoms with Crippen molar-refractivity contribution in [3.63, 3.8) is 0 Å². The quantitative estimate of drug-likeness (QED) is 0.178. The van der Waals surface area contributed by atoms with Gasteiger partial charge in [-0.25, -0.2) is 0 Å². The number of fused-ring (bicyclic) bond motifs is 4. The monoisotopic (exact) mass is 831 g/mol. The van der Waals surface area contributed by atoms with Crippen LogP contribution in [0.5, 0.6) is 0 Å². The molecule has 2 saturated carbocycles. The van der Waals surface area contributed by atoms with Gasteiger partial charge in [0.05, 0.1) is 23.3 Å². The van der Waals surface area contributed by atoms with Gasteiger partial charge in [0.25, 0.3) is 0 Å². The highest BCUT2D eigenvalue weighted by molar-refractivity contribution is 6.09. The van der Waals surface area contributed by atoms with E-state index >= 15 is 0 Å². The highest BCUT2D eigenvalue weighted by Crippen LogP contribution is 2.65. The lowest BCUT2D eigenvalue weighted by Crippen LogP contribution is -2.60.